The highest BCUT2D eigenvalue weighted by molar-refractivity contribution is 6.02. The van der Waals surface area contributed by atoms with Crippen LogP contribution < -0.4 is 14.8 Å². The minimum absolute atomic E-state index is 0.149. The third-order valence-corrected chi connectivity index (χ3v) is 6.67. The Kier molecular flexibility index (Phi) is 6.83. The number of hydrogen-bond acceptors (Lipinski definition) is 6. The molecule has 1 aromatic carbocycles. The summed E-state index contributed by atoms with van der Waals surface area (Å²) in [6.45, 7) is 2.68. The Morgan fingerprint density at radius 3 is 2.45 bits per heavy atom. The van der Waals surface area contributed by atoms with E-state index in [0.717, 1.165) is 18.4 Å². The lowest BCUT2D eigenvalue weighted by molar-refractivity contribution is -0.128. The number of carbonyl (C=O) groups excluding carboxylic acids is 2. The van der Waals surface area contributed by atoms with Crippen molar-refractivity contribution in [3.8, 4) is 11.5 Å². The number of hydrogen-bond donors (Lipinski definition) is 1. The van der Waals surface area contributed by atoms with Gasteiger partial charge in [-0.05, 0) is 55.4 Å². The zero-order chi connectivity index (χ0) is 23.4. The molecular formula is C25H31N3O5. The summed E-state index contributed by atoms with van der Waals surface area (Å²) >= 11 is 0. The number of carbonyl (C=O) groups is 2. The average Bonchev–Trinajstić information content (AvgIpc) is 3.23. The molecule has 2 aliphatic rings. The zero-order valence-electron chi connectivity index (χ0n) is 19.4. The Morgan fingerprint density at radius 1 is 1.15 bits per heavy atom. The van der Waals surface area contributed by atoms with E-state index in [0.29, 0.717) is 42.4 Å². The lowest BCUT2D eigenvalue weighted by Crippen LogP contribution is -2.56. The maximum Gasteiger partial charge on any atom is 0.264 e. The van der Waals surface area contributed by atoms with Gasteiger partial charge < -0.3 is 19.5 Å². The van der Waals surface area contributed by atoms with Crippen molar-refractivity contribution in [2.75, 3.05) is 20.8 Å². The van der Waals surface area contributed by atoms with Gasteiger partial charge >= 0.3 is 0 Å². The van der Waals surface area contributed by atoms with Gasteiger partial charge in [0.15, 0.2) is 0 Å². The Labute approximate surface area is 194 Å². The van der Waals surface area contributed by atoms with Crippen molar-refractivity contribution in [1.82, 2.24) is 15.2 Å². The zero-order valence-corrected chi connectivity index (χ0v) is 19.4. The summed E-state index contributed by atoms with van der Waals surface area (Å²) in [4.78, 5) is 33.1. The Bertz CT molecular complexity index is 967. The fourth-order valence-electron chi connectivity index (χ4n) is 4.77. The molecular weight excluding hydrogens is 422 g/mol. The molecule has 1 aromatic heterocycles. The Hall–Kier alpha value is -3.13. The van der Waals surface area contributed by atoms with Crippen LogP contribution >= 0.6 is 0 Å². The number of aromatic nitrogens is 1. The molecule has 1 aliphatic heterocycles. The summed E-state index contributed by atoms with van der Waals surface area (Å²) in [7, 11) is 3.03. The van der Waals surface area contributed by atoms with Crippen molar-refractivity contribution in [3.63, 3.8) is 0 Å². The van der Waals surface area contributed by atoms with Gasteiger partial charge in [-0.2, -0.15) is 0 Å². The van der Waals surface area contributed by atoms with Gasteiger partial charge in [0.2, 0.25) is 5.91 Å². The Morgan fingerprint density at radius 2 is 1.85 bits per heavy atom. The van der Waals surface area contributed by atoms with Gasteiger partial charge in [0.05, 0.1) is 20.8 Å². The number of ether oxygens (including phenoxy) is 3. The first-order valence-electron chi connectivity index (χ1n) is 11.3. The van der Waals surface area contributed by atoms with Gasteiger partial charge in [0, 0.05) is 18.9 Å². The SMILES string of the molecule is COc1cccc(OC)c1C(=O)N1[C@@H](C(=O)NCc2cccnc2)COC12CCC(C)CC2. The van der Waals surface area contributed by atoms with E-state index in [1.807, 2.05) is 12.1 Å². The van der Waals surface area contributed by atoms with Gasteiger partial charge in [0.1, 0.15) is 28.8 Å². The van der Waals surface area contributed by atoms with Crippen LogP contribution in [0, 0.1) is 5.92 Å². The van der Waals surface area contributed by atoms with E-state index in [1.165, 1.54) is 14.2 Å². The summed E-state index contributed by atoms with van der Waals surface area (Å²) in [6, 6.07) is 8.18. The summed E-state index contributed by atoms with van der Waals surface area (Å²) in [5.74, 6) is 0.782. The molecule has 33 heavy (non-hydrogen) atoms. The predicted molar refractivity (Wildman–Crippen MR) is 122 cm³/mol. The molecule has 1 saturated heterocycles. The summed E-state index contributed by atoms with van der Waals surface area (Å²) < 4.78 is 17.2. The fourth-order valence-corrected chi connectivity index (χ4v) is 4.77. The summed E-state index contributed by atoms with van der Waals surface area (Å²) in [5.41, 5.74) is 0.373. The molecule has 0 radical (unpaired) electrons. The predicted octanol–water partition coefficient (Wildman–Crippen LogP) is 3.16. The van der Waals surface area contributed by atoms with Gasteiger partial charge in [-0.25, -0.2) is 0 Å². The van der Waals surface area contributed by atoms with Crippen molar-refractivity contribution < 1.29 is 23.8 Å². The molecule has 2 fully saturated rings. The fraction of sp³-hybridized carbons (Fsp3) is 0.480. The first kappa shape index (κ1) is 23.0. The van der Waals surface area contributed by atoms with Crippen molar-refractivity contribution in [2.45, 2.75) is 50.9 Å². The highest BCUT2D eigenvalue weighted by atomic mass is 16.5. The smallest absolute Gasteiger partial charge is 0.264 e. The van der Waals surface area contributed by atoms with Gasteiger partial charge in [-0.1, -0.05) is 19.1 Å². The third kappa shape index (κ3) is 4.53. The number of nitrogens with zero attached hydrogens (tertiary/aromatic N) is 2. The molecule has 8 heteroatoms. The van der Waals surface area contributed by atoms with Crippen LogP contribution in [0.1, 0.15) is 48.5 Å². The third-order valence-electron chi connectivity index (χ3n) is 6.67. The van der Waals surface area contributed by atoms with E-state index in [4.69, 9.17) is 14.2 Å². The molecule has 4 rings (SSSR count). The van der Waals surface area contributed by atoms with Gasteiger partial charge in [-0.15, -0.1) is 0 Å². The molecule has 1 N–H and O–H groups in total. The van der Waals surface area contributed by atoms with Crippen LogP contribution in [0.2, 0.25) is 0 Å². The van der Waals surface area contributed by atoms with Crippen molar-refractivity contribution in [2.24, 2.45) is 5.92 Å². The highest BCUT2D eigenvalue weighted by Gasteiger charge is 2.54. The molecule has 2 amide bonds. The van der Waals surface area contributed by atoms with Crippen molar-refractivity contribution in [3.05, 3.63) is 53.9 Å². The quantitative estimate of drug-likeness (QED) is 0.723. The lowest BCUT2D eigenvalue weighted by atomic mass is 9.83. The number of rotatable bonds is 6. The molecule has 176 valence electrons. The second-order valence-electron chi connectivity index (χ2n) is 8.75. The summed E-state index contributed by atoms with van der Waals surface area (Å²) in [6.07, 6.45) is 6.62. The second-order valence-corrected chi connectivity index (χ2v) is 8.75. The molecule has 1 aliphatic carbocycles. The van der Waals surface area contributed by atoms with Gasteiger partial charge in [-0.3, -0.25) is 19.5 Å². The van der Waals surface area contributed by atoms with E-state index in [-0.39, 0.29) is 18.4 Å². The lowest BCUT2D eigenvalue weighted by Gasteiger charge is -2.43. The number of amides is 2. The molecule has 2 heterocycles. The molecule has 1 spiro atoms. The molecule has 8 nitrogen and oxygen atoms in total. The molecule has 1 atom stereocenters. The largest absolute Gasteiger partial charge is 0.496 e. The minimum Gasteiger partial charge on any atom is -0.496 e. The van der Waals surface area contributed by atoms with Crippen LogP contribution in [0.15, 0.2) is 42.7 Å². The standard InChI is InChI=1S/C25H31N3O5/c1-17-9-11-25(12-10-17)28(24(30)22-20(31-2)7-4-8-21(22)32-3)19(16-33-25)23(29)27-15-18-6-5-13-26-14-18/h4-8,13-14,17,19H,9-12,15-16H2,1-3H3,(H,27,29)/t17?,19-,25?/m1/s1. The normalized spacial score (nSPS) is 24.5. The Balaban J connectivity index is 1.66. The van der Waals surface area contributed by atoms with E-state index in [9.17, 15) is 9.59 Å². The van der Waals surface area contributed by atoms with Crippen LogP contribution in [-0.4, -0.2) is 54.3 Å². The van der Waals surface area contributed by atoms with Crippen LogP contribution in [0.3, 0.4) is 0 Å². The van der Waals surface area contributed by atoms with E-state index in [2.05, 4.69) is 17.2 Å². The molecule has 2 aromatic rings. The topological polar surface area (TPSA) is 90.0 Å². The van der Waals surface area contributed by atoms with Crippen LogP contribution in [0.5, 0.6) is 11.5 Å². The summed E-state index contributed by atoms with van der Waals surface area (Å²) in [5, 5.41) is 2.95. The van der Waals surface area contributed by atoms with E-state index >= 15 is 0 Å². The van der Waals surface area contributed by atoms with E-state index in [1.54, 1.807) is 35.5 Å². The number of benzene rings is 1. The molecule has 0 unspecified atom stereocenters. The number of pyridine rings is 1. The number of nitrogens with one attached hydrogen (secondary N) is 1. The highest BCUT2D eigenvalue weighted by Crippen LogP contribution is 2.44. The molecule has 0 bridgehead atoms. The van der Waals surface area contributed by atoms with Gasteiger partial charge in [0.25, 0.3) is 5.91 Å². The van der Waals surface area contributed by atoms with Crippen molar-refractivity contribution >= 4 is 11.8 Å². The number of methoxy groups -OCH3 is 2. The van der Waals surface area contributed by atoms with Crippen molar-refractivity contribution in [1.29, 1.82) is 0 Å². The van der Waals surface area contributed by atoms with Crippen LogP contribution in [0.4, 0.5) is 0 Å². The minimum atomic E-state index is -0.814. The van der Waals surface area contributed by atoms with E-state index < -0.39 is 11.8 Å². The first-order chi connectivity index (χ1) is 16.0. The maximum atomic E-state index is 14.0. The maximum absolute atomic E-state index is 14.0. The average molecular weight is 454 g/mol. The monoisotopic (exact) mass is 453 g/mol. The van der Waals surface area contributed by atoms with Crippen LogP contribution in [-0.2, 0) is 16.1 Å². The van der Waals surface area contributed by atoms with Crippen LogP contribution in [0.25, 0.3) is 0 Å². The molecule has 1 saturated carbocycles. The first-order valence-corrected chi connectivity index (χ1v) is 11.3. The second kappa shape index (κ2) is 9.79.